The van der Waals surface area contributed by atoms with Gasteiger partial charge in [0.1, 0.15) is 0 Å². The molecule has 0 saturated carbocycles. The van der Waals surface area contributed by atoms with E-state index in [0.29, 0.717) is 6.42 Å². The van der Waals surface area contributed by atoms with Gasteiger partial charge in [-0.3, -0.25) is 9.48 Å². The van der Waals surface area contributed by atoms with Gasteiger partial charge in [-0.25, -0.2) is 0 Å². The maximum Gasteiger partial charge on any atom is 0.416 e. The molecule has 0 aliphatic rings. The second kappa shape index (κ2) is 6.85. The van der Waals surface area contributed by atoms with Crippen molar-refractivity contribution in [2.24, 2.45) is 7.05 Å². The minimum Gasteiger partial charge on any atom is -0.352 e. The van der Waals surface area contributed by atoms with E-state index in [4.69, 9.17) is 0 Å². The van der Waals surface area contributed by atoms with Crippen LogP contribution in [0.5, 0.6) is 0 Å². The zero-order chi connectivity index (χ0) is 17.0. The summed E-state index contributed by atoms with van der Waals surface area (Å²) in [4.78, 5) is 11.8. The second-order valence-electron chi connectivity index (χ2n) is 5.31. The molecule has 2 aromatic rings. The maximum atomic E-state index is 12.9. The zero-order valence-corrected chi connectivity index (χ0v) is 12.9. The molecule has 0 fully saturated rings. The highest BCUT2D eigenvalue weighted by molar-refractivity contribution is 5.76. The number of halogens is 3. The number of aromatic nitrogens is 2. The number of alkyl halides is 3. The molecule has 4 nitrogen and oxygen atoms in total. The Morgan fingerprint density at radius 2 is 1.96 bits per heavy atom. The molecule has 1 amide bonds. The molecule has 0 aliphatic carbocycles. The van der Waals surface area contributed by atoms with Crippen molar-refractivity contribution < 1.29 is 18.0 Å². The maximum absolute atomic E-state index is 12.9. The fourth-order valence-corrected chi connectivity index (χ4v) is 2.27. The standard InChI is InChI=1S/C16H18F3N3O/c1-11-12(10-21-22(11)2)7-8-15(23)20-9-13-5-3-4-6-14(13)16(17,18)19/h3-6,10H,7-9H2,1-2H3,(H,20,23). The molecule has 1 N–H and O–H groups in total. The van der Waals surface area contributed by atoms with E-state index in [2.05, 4.69) is 10.4 Å². The van der Waals surface area contributed by atoms with Crippen LogP contribution in [0.2, 0.25) is 0 Å². The largest absolute Gasteiger partial charge is 0.416 e. The van der Waals surface area contributed by atoms with Gasteiger partial charge in [-0.2, -0.15) is 18.3 Å². The fraction of sp³-hybridized carbons (Fsp3) is 0.375. The van der Waals surface area contributed by atoms with Gasteiger partial charge in [0.15, 0.2) is 0 Å². The zero-order valence-electron chi connectivity index (χ0n) is 12.9. The summed E-state index contributed by atoms with van der Waals surface area (Å²) >= 11 is 0. The SMILES string of the molecule is Cc1c(CCC(=O)NCc2ccccc2C(F)(F)F)cnn1C. The van der Waals surface area contributed by atoms with E-state index < -0.39 is 11.7 Å². The van der Waals surface area contributed by atoms with Crippen molar-refractivity contribution in [1.29, 1.82) is 0 Å². The van der Waals surface area contributed by atoms with Crippen molar-refractivity contribution in [2.75, 3.05) is 0 Å². The van der Waals surface area contributed by atoms with Gasteiger partial charge in [0.2, 0.25) is 5.91 Å². The lowest BCUT2D eigenvalue weighted by Gasteiger charge is -2.13. The van der Waals surface area contributed by atoms with Gasteiger partial charge in [-0.15, -0.1) is 0 Å². The molecule has 1 heterocycles. The van der Waals surface area contributed by atoms with Crippen LogP contribution >= 0.6 is 0 Å². The predicted molar refractivity (Wildman–Crippen MR) is 79.6 cm³/mol. The van der Waals surface area contributed by atoms with Gasteiger partial charge in [-0.05, 0) is 30.5 Å². The van der Waals surface area contributed by atoms with Crippen molar-refractivity contribution >= 4 is 5.91 Å². The summed E-state index contributed by atoms with van der Waals surface area (Å²) in [5.74, 6) is -0.287. The summed E-state index contributed by atoms with van der Waals surface area (Å²) in [5, 5.41) is 6.63. The highest BCUT2D eigenvalue weighted by Gasteiger charge is 2.32. The van der Waals surface area contributed by atoms with Crippen molar-refractivity contribution in [3.63, 3.8) is 0 Å². The molecule has 2 rings (SSSR count). The van der Waals surface area contributed by atoms with Crippen molar-refractivity contribution in [2.45, 2.75) is 32.5 Å². The van der Waals surface area contributed by atoms with Crippen LogP contribution in [-0.2, 0) is 31.0 Å². The molecular formula is C16H18F3N3O. The second-order valence-corrected chi connectivity index (χ2v) is 5.31. The van der Waals surface area contributed by atoms with E-state index in [9.17, 15) is 18.0 Å². The van der Waals surface area contributed by atoms with Gasteiger partial charge in [-0.1, -0.05) is 18.2 Å². The van der Waals surface area contributed by atoms with Crippen LogP contribution in [0.3, 0.4) is 0 Å². The first-order valence-corrected chi connectivity index (χ1v) is 7.18. The molecule has 7 heteroatoms. The van der Waals surface area contributed by atoms with Gasteiger partial charge in [0, 0.05) is 25.7 Å². The number of benzene rings is 1. The van der Waals surface area contributed by atoms with Crippen LogP contribution in [-0.4, -0.2) is 15.7 Å². The Balaban J connectivity index is 1.91. The summed E-state index contributed by atoms with van der Waals surface area (Å²) in [7, 11) is 1.81. The first kappa shape index (κ1) is 17.1. The molecular weight excluding hydrogens is 307 g/mol. The van der Waals surface area contributed by atoms with Crippen LogP contribution in [0.4, 0.5) is 13.2 Å². The molecule has 0 atom stereocenters. The molecule has 0 aliphatic heterocycles. The molecule has 23 heavy (non-hydrogen) atoms. The minimum absolute atomic E-state index is 0.0610. The van der Waals surface area contributed by atoms with Crippen LogP contribution in [0.25, 0.3) is 0 Å². The van der Waals surface area contributed by atoms with Crippen molar-refractivity contribution in [3.05, 3.63) is 52.8 Å². The van der Waals surface area contributed by atoms with Gasteiger partial charge < -0.3 is 5.32 Å². The third kappa shape index (κ3) is 4.34. The van der Waals surface area contributed by atoms with E-state index in [1.165, 1.54) is 18.2 Å². The molecule has 0 unspecified atom stereocenters. The van der Waals surface area contributed by atoms with E-state index in [-0.39, 0.29) is 24.4 Å². The molecule has 0 radical (unpaired) electrons. The third-order valence-electron chi connectivity index (χ3n) is 3.76. The Bertz CT molecular complexity index is 692. The lowest BCUT2D eigenvalue weighted by atomic mass is 10.1. The van der Waals surface area contributed by atoms with Gasteiger partial charge >= 0.3 is 6.18 Å². The quantitative estimate of drug-likeness (QED) is 0.919. The smallest absolute Gasteiger partial charge is 0.352 e. The summed E-state index contributed by atoms with van der Waals surface area (Å²) in [6.45, 7) is 1.76. The van der Waals surface area contributed by atoms with E-state index in [0.717, 1.165) is 17.3 Å². The highest BCUT2D eigenvalue weighted by atomic mass is 19.4. The molecule has 1 aromatic heterocycles. The molecule has 1 aromatic carbocycles. The number of aryl methyl sites for hydroxylation is 2. The number of hydrogen-bond donors (Lipinski definition) is 1. The summed E-state index contributed by atoms with van der Waals surface area (Å²) in [5.41, 5.74) is 1.27. The van der Waals surface area contributed by atoms with Crippen LogP contribution in [0.15, 0.2) is 30.5 Å². The van der Waals surface area contributed by atoms with Crippen LogP contribution in [0.1, 0.15) is 28.8 Å². The first-order valence-electron chi connectivity index (χ1n) is 7.18. The monoisotopic (exact) mass is 325 g/mol. The van der Waals surface area contributed by atoms with Crippen LogP contribution in [0, 0.1) is 6.92 Å². The van der Waals surface area contributed by atoms with E-state index in [1.807, 2.05) is 14.0 Å². The summed E-state index contributed by atoms with van der Waals surface area (Å²) < 4.78 is 40.3. The Morgan fingerprint density at radius 3 is 2.57 bits per heavy atom. The Kier molecular flexibility index (Phi) is 5.08. The number of rotatable bonds is 5. The Morgan fingerprint density at radius 1 is 1.26 bits per heavy atom. The van der Waals surface area contributed by atoms with Gasteiger partial charge in [0.05, 0.1) is 11.8 Å². The van der Waals surface area contributed by atoms with E-state index in [1.54, 1.807) is 10.9 Å². The predicted octanol–water partition coefficient (Wildman–Crippen LogP) is 3.00. The summed E-state index contributed by atoms with van der Waals surface area (Å²) in [6.07, 6.45) is -2.01. The number of carbonyl (C=O) groups is 1. The molecule has 124 valence electrons. The Hall–Kier alpha value is -2.31. The normalized spacial score (nSPS) is 11.5. The lowest BCUT2D eigenvalue weighted by molar-refractivity contribution is -0.138. The average molecular weight is 325 g/mol. The van der Waals surface area contributed by atoms with Crippen molar-refractivity contribution in [3.8, 4) is 0 Å². The number of nitrogens with one attached hydrogen (secondary N) is 1. The number of carbonyl (C=O) groups excluding carboxylic acids is 1. The third-order valence-corrected chi connectivity index (χ3v) is 3.76. The minimum atomic E-state index is -4.42. The number of amides is 1. The molecule has 0 saturated heterocycles. The van der Waals surface area contributed by atoms with Crippen LogP contribution < -0.4 is 5.32 Å². The topological polar surface area (TPSA) is 46.9 Å². The molecule has 0 bridgehead atoms. The fourth-order valence-electron chi connectivity index (χ4n) is 2.27. The average Bonchev–Trinajstić information content (AvgIpc) is 2.82. The highest BCUT2D eigenvalue weighted by Crippen LogP contribution is 2.31. The van der Waals surface area contributed by atoms with Crippen molar-refractivity contribution in [1.82, 2.24) is 15.1 Å². The van der Waals surface area contributed by atoms with E-state index >= 15 is 0 Å². The number of hydrogen-bond acceptors (Lipinski definition) is 2. The first-order chi connectivity index (χ1) is 10.8. The summed E-state index contributed by atoms with van der Waals surface area (Å²) in [6, 6.07) is 5.24. The number of nitrogens with zero attached hydrogens (tertiary/aromatic N) is 2. The Labute approximate surface area is 132 Å². The van der Waals surface area contributed by atoms with Gasteiger partial charge in [0.25, 0.3) is 0 Å². The molecule has 0 spiro atoms. The lowest BCUT2D eigenvalue weighted by Crippen LogP contribution is -2.24.